The van der Waals surface area contributed by atoms with Crippen molar-refractivity contribution in [1.82, 2.24) is 0 Å². The summed E-state index contributed by atoms with van der Waals surface area (Å²) in [6.45, 7) is 8.07. The Labute approximate surface area is 149 Å². The third-order valence-corrected chi connectivity index (χ3v) is 4.31. The molecular formula is C17H26O7S. The number of rotatable bonds is 15. The van der Waals surface area contributed by atoms with Crippen molar-refractivity contribution < 1.29 is 31.5 Å². The molecule has 0 bridgehead atoms. The van der Waals surface area contributed by atoms with Crippen LogP contribution >= 0.6 is 0 Å². The first-order chi connectivity index (χ1) is 12.1. The van der Waals surface area contributed by atoms with Gasteiger partial charge in [-0.05, 0) is 19.1 Å². The van der Waals surface area contributed by atoms with Crippen LogP contribution in [0, 0.1) is 6.92 Å². The second kappa shape index (κ2) is 12.8. The summed E-state index contributed by atoms with van der Waals surface area (Å²) in [5, 5.41) is 0. The van der Waals surface area contributed by atoms with E-state index in [0.29, 0.717) is 39.6 Å². The fourth-order valence-electron chi connectivity index (χ4n) is 1.71. The molecule has 0 saturated carbocycles. The Hall–Kier alpha value is -1.45. The monoisotopic (exact) mass is 374 g/mol. The number of hydrogen-bond donors (Lipinski definition) is 0. The summed E-state index contributed by atoms with van der Waals surface area (Å²) in [5.41, 5.74) is 0.984. The van der Waals surface area contributed by atoms with Gasteiger partial charge in [0.15, 0.2) is 0 Å². The summed E-state index contributed by atoms with van der Waals surface area (Å²) < 4.78 is 49.4. The van der Waals surface area contributed by atoms with Gasteiger partial charge in [0.25, 0.3) is 10.1 Å². The molecule has 1 aromatic carbocycles. The molecule has 8 heteroatoms. The Balaban J connectivity index is 1.98. The lowest BCUT2D eigenvalue weighted by Crippen LogP contribution is -2.14. The molecule has 7 nitrogen and oxygen atoms in total. The van der Waals surface area contributed by atoms with Crippen LogP contribution in [0.2, 0.25) is 0 Å². The van der Waals surface area contributed by atoms with E-state index in [9.17, 15) is 8.42 Å². The van der Waals surface area contributed by atoms with Crippen molar-refractivity contribution in [1.29, 1.82) is 0 Å². The van der Waals surface area contributed by atoms with Crippen LogP contribution in [0.1, 0.15) is 5.56 Å². The maximum absolute atomic E-state index is 11.9. The smallest absolute Gasteiger partial charge is 0.297 e. The molecule has 0 saturated heterocycles. The zero-order chi connectivity index (χ0) is 18.4. The highest BCUT2D eigenvalue weighted by Crippen LogP contribution is 2.12. The Bertz CT molecular complexity index is 569. The Kier molecular flexibility index (Phi) is 11.1. The summed E-state index contributed by atoms with van der Waals surface area (Å²) in [7, 11) is -3.74. The molecule has 0 aliphatic heterocycles. The molecule has 25 heavy (non-hydrogen) atoms. The molecule has 1 rings (SSSR count). The molecule has 0 amide bonds. The second-order valence-corrected chi connectivity index (χ2v) is 6.58. The minimum Gasteiger partial charge on any atom is -0.499 e. The molecule has 0 spiro atoms. The zero-order valence-corrected chi connectivity index (χ0v) is 15.3. The molecule has 1 aromatic rings. The second-order valence-electron chi connectivity index (χ2n) is 4.96. The lowest BCUT2D eigenvalue weighted by atomic mass is 10.2. The first kappa shape index (κ1) is 21.6. The minimum atomic E-state index is -3.74. The highest BCUT2D eigenvalue weighted by atomic mass is 32.2. The molecule has 0 N–H and O–H groups in total. The standard InChI is InChI=1S/C17H26O7S/c1-3-20-8-9-21-10-11-22-12-13-23-14-15-24-25(18,19)17-6-4-16(2)5-7-17/h3-7H,1,8-15H2,2H3. The fraction of sp³-hybridized carbons (Fsp3) is 0.529. The Morgan fingerprint density at radius 2 is 1.32 bits per heavy atom. The quantitative estimate of drug-likeness (QED) is 0.263. The third kappa shape index (κ3) is 10.2. The van der Waals surface area contributed by atoms with Gasteiger partial charge in [-0.3, -0.25) is 4.18 Å². The van der Waals surface area contributed by atoms with Crippen molar-refractivity contribution in [2.75, 3.05) is 52.9 Å². The van der Waals surface area contributed by atoms with Crippen molar-refractivity contribution in [2.24, 2.45) is 0 Å². The van der Waals surface area contributed by atoms with Gasteiger partial charge in [0.1, 0.15) is 6.61 Å². The Morgan fingerprint density at radius 1 is 0.840 bits per heavy atom. The molecule has 0 heterocycles. The summed E-state index contributed by atoms with van der Waals surface area (Å²) >= 11 is 0. The van der Waals surface area contributed by atoms with E-state index >= 15 is 0 Å². The van der Waals surface area contributed by atoms with Crippen LogP contribution in [0.25, 0.3) is 0 Å². The molecule has 0 aliphatic rings. The topological polar surface area (TPSA) is 80.3 Å². The molecule has 0 atom stereocenters. The molecule has 142 valence electrons. The number of hydrogen-bond acceptors (Lipinski definition) is 7. The maximum Gasteiger partial charge on any atom is 0.297 e. The largest absolute Gasteiger partial charge is 0.499 e. The molecule has 0 aromatic heterocycles. The number of benzene rings is 1. The average molecular weight is 374 g/mol. The van der Waals surface area contributed by atoms with E-state index in [0.717, 1.165) is 5.56 Å². The molecule has 0 fully saturated rings. The van der Waals surface area contributed by atoms with Gasteiger partial charge in [-0.2, -0.15) is 8.42 Å². The summed E-state index contributed by atoms with van der Waals surface area (Å²) in [5.74, 6) is 0. The van der Waals surface area contributed by atoms with Crippen LogP contribution in [0.3, 0.4) is 0 Å². The van der Waals surface area contributed by atoms with Crippen molar-refractivity contribution in [3.63, 3.8) is 0 Å². The first-order valence-corrected chi connectivity index (χ1v) is 9.39. The summed E-state index contributed by atoms with van der Waals surface area (Å²) in [6, 6.07) is 6.48. The van der Waals surface area contributed by atoms with Crippen LogP contribution in [-0.4, -0.2) is 61.3 Å². The van der Waals surface area contributed by atoms with E-state index in [4.69, 9.17) is 23.1 Å². The van der Waals surface area contributed by atoms with Crippen LogP contribution in [0.5, 0.6) is 0 Å². The van der Waals surface area contributed by atoms with E-state index in [1.54, 1.807) is 12.1 Å². The average Bonchev–Trinajstić information content (AvgIpc) is 2.59. The van der Waals surface area contributed by atoms with Gasteiger partial charge in [-0.25, -0.2) is 0 Å². The predicted molar refractivity (Wildman–Crippen MR) is 92.9 cm³/mol. The molecule has 0 radical (unpaired) electrons. The first-order valence-electron chi connectivity index (χ1n) is 7.98. The minimum absolute atomic E-state index is 0.0391. The van der Waals surface area contributed by atoms with E-state index < -0.39 is 10.1 Å². The van der Waals surface area contributed by atoms with Gasteiger partial charge in [-0.15, -0.1) is 0 Å². The molecule has 0 unspecified atom stereocenters. The molecular weight excluding hydrogens is 348 g/mol. The van der Waals surface area contributed by atoms with E-state index in [-0.39, 0.29) is 18.1 Å². The normalized spacial score (nSPS) is 11.4. The van der Waals surface area contributed by atoms with Gasteiger partial charge >= 0.3 is 0 Å². The van der Waals surface area contributed by atoms with Crippen LogP contribution in [0.15, 0.2) is 42.0 Å². The van der Waals surface area contributed by atoms with Crippen LogP contribution in [0.4, 0.5) is 0 Å². The zero-order valence-electron chi connectivity index (χ0n) is 14.5. The van der Waals surface area contributed by atoms with E-state index in [1.807, 2.05) is 6.92 Å². The number of ether oxygens (including phenoxy) is 4. The van der Waals surface area contributed by atoms with Gasteiger partial charge in [0.2, 0.25) is 0 Å². The third-order valence-electron chi connectivity index (χ3n) is 2.98. The van der Waals surface area contributed by atoms with Gasteiger partial charge in [0.05, 0.1) is 57.4 Å². The molecule has 0 aliphatic carbocycles. The lowest BCUT2D eigenvalue weighted by molar-refractivity contribution is 0.00291. The van der Waals surface area contributed by atoms with Crippen LogP contribution in [-0.2, 0) is 33.2 Å². The van der Waals surface area contributed by atoms with Crippen molar-refractivity contribution >= 4 is 10.1 Å². The highest BCUT2D eigenvalue weighted by molar-refractivity contribution is 7.86. The van der Waals surface area contributed by atoms with E-state index in [2.05, 4.69) is 6.58 Å². The lowest BCUT2D eigenvalue weighted by Gasteiger charge is -2.08. The van der Waals surface area contributed by atoms with Gasteiger partial charge in [0, 0.05) is 0 Å². The van der Waals surface area contributed by atoms with Crippen molar-refractivity contribution in [2.45, 2.75) is 11.8 Å². The van der Waals surface area contributed by atoms with Crippen molar-refractivity contribution in [3.05, 3.63) is 42.7 Å². The maximum atomic E-state index is 11.9. The van der Waals surface area contributed by atoms with E-state index in [1.165, 1.54) is 18.4 Å². The fourth-order valence-corrected chi connectivity index (χ4v) is 2.60. The van der Waals surface area contributed by atoms with Crippen molar-refractivity contribution in [3.8, 4) is 0 Å². The SMILES string of the molecule is C=COCCOCCOCCOCCOS(=O)(=O)c1ccc(C)cc1. The van der Waals surface area contributed by atoms with Crippen LogP contribution < -0.4 is 0 Å². The Morgan fingerprint density at radius 3 is 1.84 bits per heavy atom. The summed E-state index contributed by atoms with van der Waals surface area (Å²) in [4.78, 5) is 0.139. The predicted octanol–water partition coefficient (Wildman–Crippen LogP) is 1.91. The summed E-state index contributed by atoms with van der Waals surface area (Å²) in [6.07, 6.45) is 1.37. The number of aryl methyl sites for hydroxylation is 1. The van der Waals surface area contributed by atoms with Gasteiger partial charge in [-0.1, -0.05) is 24.3 Å². The highest BCUT2D eigenvalue weighted by Gasteiger charge is 2.14. The van der Waals surface area contributed by atoms with Gasteiger partial charge < -0.3 is 18.9 Å².